The summed E-state index contributed by atoms with van der Waals surface area (Å²) in [5.74, 6) is 1.41. The maximum absolute atomic E-state index is 12.5. The summed E-state index contributed by atoms with van der Waals surface area (Å²) < 4.78 is 32.3. The fourth-order valence-corrected chi connectivity index (χ4v) is 6.45. The first-order valence-electron chi connectivity index (χ1n) is 15.7. The van der Waals surface area contributed by atoms with E-state index in [1.165, 1.54) is 0 Å². The van der Waals surface area contributed by atoms with E-state index in [-0.39, 0.29) is 13.2 Å². The van der Waals surface area contributed by atoms with E-state index >= 15 is 0 Å². The molecule has 0 fully saturated rings. The minimum Gasteiger partial charge on any atom is -0.493 e. The van der Waals surface area contributed by atoms with E-state index in [0.29, 0.717) is 42.3 Å². The van der Waals surface area contributed by atoms with Crippen molar-refractivity contribution in [3.8, 4) is 34.1 Å². The number of carbonyl (C=O) groups excluding carboxylic acids is 3. The number of rotatable bonds is 13. The first-order valence-corrected chi connectivity index (χ1v) is 15.7. The number of unbranched alkanes of at least 4 members (excludes halogenated alkanes) is 1. The van der Waals surface area contributed by atoms with E-state index in [0.717, 1.165) is 50.2 Å². The zero-order valence-electron chi connectivity index (χ0n) is 27.1. The van der Waals surface area contributed by atoms with Gasteiger partial charge in [0.2, 0.25) is 0 Å². The van der Waals surface area contributed by atoms with Crippen LogP contribution in [0, 0.1) is 0 Å². The highest BCUT2D eigenvalue weighted by Crippen LogP contribution is 2.59. The van der Waals surface area contributed by atoms with Gasteiger partial charge in [-0.15, -0.1) is 0 Å². The predicted molar refractivity (Wildman–Crippen MR) is 183 cm³/mol. The summed E-state index contributed by atoms with van der Waals surface area (Å²) in [6.07, 6.45) is 1.29. The number of benzene rings is 5. The number of ether oxygens (including phenoxy) is 6. The Kier molecular flexibility index (Phi) is 9.62. The number of hydrogen-bond donors (Lipinski definition) is 0. The van der Waals surface area contributed by atoms with Crippen LogP contribution in [0.4, 0.5) is 4.79 Å². The molecule has 5 aromatic carbocycles. The van der Waals surface area contributed by atoms with Gasteiger partial charge in [0.05, 0.1) is 32.8 Å². The molecule has 0 heterocycles. The monoisotopic (exact) mass is 658 g/mol. The van der Waals surface area contributed by atoms with Crippen molar-refractivity contribution >= 4 is 29.4 Å². The lowest BCUT2D eigenvalue weighted by atomic mass is 9.67. The largest absolute Gasteiger partial charge is 0.513 e. The Labute approximate surface area is 283 Å². The normalized spacial score (nSPS) is 14.2. The average molecular weight is 659 g/mol. The van der Waals surface area contributed by atoms with E-state index in [1.807, 2.05) is 48.5 Å². The molecule has 0 saturated carbocycles. The molecule has 6 rings (SSSR count). The second-order valence-electron chi connectivity index (χ2n) is 11.3. The topological polar surface area (TPSA) is 107 Å². The van der Waals surface area contributed by atoms with Crippen LogP contribution in [0.25, 0.3) is 21.9 Å². The number of hydrogen-bond acceptors (Lipinski definition) is 9. The van der Waals surface area contributed by atoms with Crippen LogP contribution >= 0.6 is 0 Å². The molecule has 0 N–H and O–H groups in total. The van der Waals surface area contributed by atoms with Crippen molar-refractivity contribution in [3.63, 3.8) is 0 Å². The molecular formula is C40H34O9. The standard InChI is InChI=1S/C40H34O9/c1-4-38(42)46-19-7-8-20-47-39(43)49-31-17-13-29(14-18-31)40(28-11-15-30(16-12-28)48-25-41)34-22-27-10-6-5-9-26(27)21-32(34)33-23-36(44-2)37(45-3)24-35(33)40/h4-6,9-18,21-25H,1,7-8,19-20H2,2-3H3. The summed E-state index contributed by atoms with van der Waals surface area (Å²) >= 11 is 0. The molecule has 248 valence electrons. The van der Waals surface area contributed by atoms with Gasteiger partial charge in [0.1, 0.15) is 11.5 Å². The Bertz CT molecular complexity index is 2020. The second kappa shape index (κ2) is 14.4. The highest BCUT2D eigenvalue weighted by atomic mass is 16.7. The molecule has 5 aromatic rings. The van der Waals surface area contributed by atoms with Gasteiger partial charge >= 0.3 is 12.1 Å². The van der Waals surface area contributed by atoms with Gasteiger partial charge < -0.3 is 28.4 Å². The molecule has 1 unspecified atom stereocenters. The molecule has 0 radical (unpaired) electrons. The molecule has 0 aliphatic heterocycles. The van der Waals surface area contributed by atoms with Crippen LogP contribution in [-0.2, 0) is 24.5 Å². The summed E-state index contributed by atoms with van der Waals surface area (Å²) in [5.41, 5.74) is 4.97. The molecule has 0 saturated heterocycles. The lowest BCUT2D eigenvalue weighted by molar-refractivity contribution is -0.137. The fourth-order valence-electron chi connectivity index (χ4n) is 6.45. The van der Waals surface area contributed by atoms with Gasteiger partial charge in [-0.05, 0) is 106 Å². The van der Waals surface area contributed by atoms with Crippen LogP contribution in [-0.4, -0.2) is 46.0 Å². The fraction of sp³-hybridized carbons (Fsp3) is 0.175. The van der Waals surface area contributed by atoms with Crippen molar-refractivity contribution in [2.24, 2.45) is 0 Å². The van der Waals surface area contributed by atoms with Gasteiger partial charge in [0.15, 0.2) is 11.5 Å². The van der Waals surface area contributed by atoms with Crippen molar-refractivity contribution in [3.05, 3.63) is 132 Å². The smallest absolute Gasteiger partial charge is 0.493 e. The average Bonchev–Trinajstić information content (AvgIpc) is 3.40. The third-order valence-corrected chi connectivity index (χ3v) is 8.64. The van der Waals surface area contributed by atoms with E-state index in [4.69, 9.17) is 28.4 Å². The van der Waals surface area contributed by atoms with E-state index in [9.17, 15) is 14.4 Å². The summed E-state index contributed by atoms with van der Waals surface area (Å²) in [6, 6.07) is 31.4. The molecule has 0 bridgehead atoms. The third-order valence-electron chi connectivity index (χ3n) is 8.64. The van der Waals surface area contributed by atoms with Crippen molar-refractivity contribution in [1.29, 1.82) is 0 Å². The Morgan fingerprint density at radius 3 is 1.86 bits per heavy atom. The van der Waals surface area contributed by atoms with Crippen molar-refractivity contribution in [2.45, 2.75) is 18.3 Å². The third kappa shape index (κ3) is 6.30. The summed E-state index contributed by atoms with van der Waals surface area (Å²) in [5, 5.41) is 2.16. The van der Waals surface area contributed by atoms with Crippen molar-refractivity contribution < 1.29 is 42.8 Å². The number of esters is 1. The highest BCUT2D eigenvalue weighted by molar-refractivity contribution is 5.96. The van der Waals surface area contributed by atoms with Crippen LogP contribution < -0.4 is 18.9 Å². The maximum atomic E-state index is 12.5. The van der Waals surface area contributed by atoms with E-state index in [2.05, 4.69) is 30.8 Å². The van der Waals surface area contributed by atoms with Crippen molar-refractivity contribution in [1.82, 2.24) is 0 Å². The zero-order valence-corrected chi connectivity index (χ0v) is 27.1. The number of fused-ring (bicyclic) bond motifs is 4. The Balaban J connectivity index is 1.41. The Hall–Kier alpha value is -6.09. The highest BCUT2D eigenvalue weighted by Gasteiger charge is 2.47. The van der Waals surface area contributed by atoms with Gasteiger partial charge in [-0.1, -0.05) is 55.1 Å². The SMILES string of the molecule is C=CC(=O)OCCCCOC(=O)Oc1ccc(C2(c3ccc(OC=O)cc3)c3cc(OC)c(OC)cc3-c3cc4ccccc4cc32)cc1. The zero-order chi connectivity index (χ0) is 34.4. The van der Waals surface area contributed by atoms with Crippen LogP contribution in [0.3, 0.4) is 0 Å². The molecule has 1 atom stereocenters. The predicted octanol–water partition coefficient (Wildman–Crippen LogP) is 7.78. The van der Waals surface area contributed by atoms with Crippen LogP contribution in [0.5, 0.6) is 23.0 Å². The van der Waals surface area contributed by atoms with Crippen LogP contribution in [0.15, 0.2) is 110 Å². The molecule has 0 amide bonds. The first-order chi connectivity index (χ1) is 23.9. The minimum absolute atomic E-state index is 0.113. The molecule has 9 nitrogen and oxygen atoms in total. The van der Waals surface area contributed by atoms with Crippen LogP contribution in [0.1, 0.15) is 35.1 Å². The molecule has 1 aliphatic rings. The molecule has 0 spiro atoms. The number of carbonyl (C=O) groups is 3. The summed E-state index contributed by atoms with van der Waals surface area (Å²) in [4.78, 5) is 34.8. The van der Waals surface area contributed by atoms with E-state index < -0.39 is 17.5 Å². The molecular weight excluding hydrogens is 624 g/mol. The lowest BCUT2D eigenvalue weighted by Gasteiger charge is -2.34. The quantitative estimate of drug-likeness (QED) is 0.0404. The first kappa shape index (κ1) is 32.8. The Morgan fingerprint density at radius 2 is 1.24 bits per heavy atom. The number of methoxy groups -OCH3 is 2. The second-order valence-corrected chi connectivity index (χ2v) is 11.3. The van der Waals surface area contributed by atoms with E-state index in [1.54, 1.807) is 38.5 Å². The molecule has 1 aliphatic carbocycles. The summed E-state index contributed by atoms with van der Waals surface area (Å²) in [7, 11) is 3.22. The minimum atomic E-state index is -0.859. The molecule has 49 heavy (non-hydrogen) atoms. The molecule has 9 heteroatoms. The van der Waals surface area contributed by atoms with Crippen molar-refractivity contribution in [2.75, 3.05) is 27.4 Å². The lowest BCUT2D eigenvalue weighted by Crippen LogP contribution is -2.28. The van der Waals surface area contributed by atoms with Gasteiger partial charge in [0.25, 0.3) is 6.47 Å². The van der Waals surface area contributed by atoms with Gasteiger partial charge in [-0.3, -0.25) is 4.79 Å². The maximum Gasteiger partial charge on any atom is 0.513 e. The van der Waals surface area contributed by atoms with Crippen LogP contribution in [0.2, 0.25) is 0 Å². The summed E-state index contributed by atoms with van der Waals surface area (Å²) in [6.45, 7) is 4.08. The van der Waals surface area contributed by atoms with Gasteiger partial charge in [-0.2, -0.15) is 0 Å². The Morgan fingerprint density at radius 1 is 0.694 bits per heavy atom. The van der Waals surface area contributed by atoms with Gasteiger partial charge in [-0.25, -0.2) is 9.59 Å². The molecule has 0 aromatic heterocycles. The van der Waals surface area contributed by atoms with Gasteiger partial charge in [0, 0.05) is 6.08 Å².